The highest BCUT2D eigenvalue weighted by molar-refractivity contribution is 5.84. The number of rotatable bonds is 5. The van der Waals surface area contributed by atoms with E-state index >= 15 is 0 Å². The number of aromatic nitrogens is 1. The summed E-state index contributed by atoms with van der Waals surface area (Å²) in [6.45, 7) is -0.145. The molecule has 0 fully saturated rings. The zero-order valence-corrected chi connectivity index (χ0v) is 12.2. The summed E-state index contributed by atoms with van der Waals surface area (Å²) >= 11 is 0. The second kappa shape index (κ2) is 5.89. The highest BCUT2D eigenvalue weighted by Gasteiger charge is 2.23. The zero-order chi connectivity index (χ0) is 15.5. The summed E-state index contributed by atoms with van der Waals surface area (Å²) in [7, 11) is 1.60. The molecule has 0 radical (unpaired) electrons. The molecule has 3 rings (SSSR count). The van der Waals surface area contributed by atoms with E-state index in [2.05, 4.69) is 4.98 Å². The quantitative estimate of drug-likeness (QED) is 0.578. The molecule has 0 spiro atoms. The van der Waals surface area contributed by atoms with Gasteiger partial charge in [0.05, 0.1) is 13.0 Å². The first-order chi connectivity index (χ1) is 10.7. The maximum absolute atomic E-state index is 11.1. The summed E-state index contributed by atoms with van der Waals surface area (Å²) in [5.41, 5.74) is 2.83. The van der Waals surface area contributed by atoms with Crippen LogP contribution < -0.4 is 4.74 Å². The standard InChI is InChI=1S/C17H16N2O3/c1-22-13-8-6-12(7-9-13)16(11-19(20)21)15-10-18-17-5-3-2-4-14(15)17/h2-10,16,18H,11H2,1H3/t16-/m0/s1. The molecule has 0 aliphatic rings. The number of methoxy groups -OCH3 is 1. The van der Waals surface area contributed by atoms with Crippen molar-refractivity contribution in [3.05, 3.63) is 76.0 Å². The maximum Gasteiger partial charge on any atom is 0.214 e. The number of hydrogen-bond acceptors (Lipinski definition) is 3. The van der Waals surface area contributed by atoms with Gasteiger partial charge in [-0.05, 0) is 29.3 Å². The van der Waals surface area contributed by atoms with Gasteiger partial charge in [-0.25, -0.2) is 0 Å². The van der Waals surface area contributed by atoms with Crippen LogP contribution in [0.2, 0.25) is 0 Å². The van der Waals surface area contributed by atoms with Gasteiger partial charge in [-0.1, -0.05) is 30.3 Å². The van der Waals surface area contributed by atoms with Crippen molar-refractivity contribution in [1.82, 2.24) is 4.98 Å². The van der Waals surface area contributed by atoms with Gasteiger partial charge in [-0.2, -0.15) is 0 Å². The number of fused-ring (bicyclic) bond motifs is 1. The predicted octanol–water partition coefficient (Wildman–Crippen LogP) is 3.59. The molecule has 3 aromatic rings. The Kier molecular flexibility index (Phi) is 3.78. The molecule has 0 saturated carbocycles. The third-order valence-electron chi connectivity index (χ3n) is 3.85. The fourth-order valence-electron chi connectivity index (χ4n) is 2.75. The highest BCUT2D eigenvalue weighted by Crippen LogP contribution is 2.31. The van der Waals surface area contributed by atoms with E-state index in [4.69, 9.17) is 4.74 Å². The summed E-state index contributed by atoms with van der Waals surface area (Å²) in [6.07, 6.45) is 1.86. The molecule has 5 nitrogen and oxygen atoms in total. The summed E-state index contributed by atoms with van der Waals surface area (Å²) < 4.78 is 5.15. The first kappa shape index (κ1) is 14.1. The van der Waals surface area contributed by atoms with Gasteiger partial charge in [0.25, 0.3) is 0 Å². The number of ether oxygens (including phenoxy) is 1. The van der Waals surface area contributed by atoms with Crippen LogP contribution in [0.15, 0.2) is 54.7 Å². The van der Waals surface area contributed by atoms with Crippen molar-refractivity contribution in [2.24, 2.45) is 0 Å². The fourth-order valence-corrected chi connectivity index (χ4v) is 2.75. The summed E-state index contributed by atoms with van der Waals surface area (Å²) in [5, 5.41) is 12.1. The van der Waals surface area contributed by atoms with Crippen LogP contribution >= 0.6 is 0 Å². The van der Waals surface area contributed by atoms with E-state index in [0.29, 0.717) is 0 Å². The van der Waals surface area contributed by atoms with Crippen LogP contribution in [0.25, 0.3) is 10.9 Å². The van der Waals surface area contributed by atoms with Gasteiger partial charge in [0.1, 0.15) is 5.75 Å². The van der Waals surface area contributed by atoms with Gasteiger partial charge in [-0.3, -0.25) is 10.1 Å². The molecule has 1 N–H and O–H groups in total. The molecular weight excluding hydrogens is 280 g/mol. The van der Waals surface area contributed by atoms with Gasteiger partial charge in [0.15, 0.2) is 0 Å². The van der Waals surface area contributed by atoms with Crippen LogP contribution in [-0.4, -0.2) is 23.6 Å². The van der Waals surface area contributed by atoms with Crippen molar-refractivity contribution >= 4 is 10.9 Å². The van der Waals surface area contributed by atoms with Crippen molar-refractivity contribution in [2.75, 3.05) is 13.7 Å². The number of aromatic amines is 1. The number of nitrogens with zero attached hydrogens (tertiary/aromatic N) is 1. The van der Waals surface area contributed by atoms with Crippen molar-refractivity contribution in [3.63, 3.8) is 0 Å². The van der Waals surface area contributed by atoms with E-state index in [0.717, 1.165) is 27.8 Å². The number of nitrogens with one attached hydrogen (secondary N) is 1. The lowest BCUT2D eigenvalue weighted by Crippen LogP contribution is -2.13. The highest BCUT2D eigenvalue weighted by atomic mass is 16.6. The van der Waals surface area contributed by atoms with E-state index in [1.165, 1.54) is 0 Å². The van der Waals surface area contributed by atoms with Crippen LogP contribution in [0.4, 0.5) is 0 Å². The molecule has 5 heteroatoms. The van der Waals surface area contributed by atoms with Gasteiger partial charge >= 0.3 is 0 Å². The Bertz CT molecular complexity index is 793. The number of H-pyrrole nitrogens is 1. The lowest BCUT2D eigenvalue weighted by atomic mass is 9.91. The topological polar surface area (TPSA) is 68.2 Å². The van der Waals surface area contributed by atoms with Crippen molar-refractivity contribution < 1.29 is 9.66 Å². The Morgan fingerprint density at radius 3 is 2.59 bits per heavy atom. The van der Waals surface area contributed by atoms with E-state index in [9.17, 15) is 10.1 Å². The molecule has 1 atom stereocenters. The molecular formula is C17H16N2O3. The van der Waals surface area contributed by atoms with Gasteiger partial charge in [0, 0.05) is 22.0 Å². The number of nitro groups is 1. The molecule has 0 aliphatic carbocycles. The van der Waals surface area contributed by atoms with Gasteiger partial charge in [0.2, 0.25) is 6.54 Å². The minimum Gasteiger partial charge on any atom is -0.497 e. The molecule has 0 unspecified atom stereocenters. The number of para-hydroxylation sites is 1. The van der Waals surface area contributed by atoms with Crippen LogP contribution in [0, 0.1) is 10.1 Å². The summed E-state index contributed by atoms with van der Waals surface area (Å²) in [4.78, 5) is 14.0. The van der Waals surface area contributed by atoms with Crippen molar-refractivity contribution in [1.29, 1.82) is 0 Å². The Hall–Kier alpha value is -2.82. The second-order valence-corrected chi connectivity index (χ2v) is 5.13. The average Bonchev–Trinajstić information content (AvgIpc) is 2.96. The minimum atomic E-state index is -0.294. The minimum absolute atomic E-state index is 0.145. The van der Waals surface area contributed by atoms with Crippen LogP contribution in [0.3, 0.4) is 0 Å². The Morgan fingerprint density at radius 2 is 1.91 bits per heavy atom. The van der Waals surface area contributed by atoms with Crippen LogP contribution in [-0.2, 0) is 0 Å². The van der Waals surface area contributed by atoms with Crippen molar-refractivity contribution in [3.8, 4) is 5.75 Å². The number of benzene rings is 2. The van der Waals surface area contributed by atoms with Gasteiger partial charge < -0.3 is 9.72 Å². The van der Waals surface area contributed by atoms with Crippen LogP contribution in [0.1, 0.15) is 17.0 Å². The lowest BCUT2D eigenvalue weighted by Gasteiger charge is -2.13. The molecule has 1 heterocycles. The van der Waals surface area contributed by atoms with Gasteiger partial charge in [-0.15, -0.1) is 0 Å². The molecule has 22 heavy (non-hydrogen) atoms. The van der Waals surface area contributed by atoms with E-state index in [-0.39, 0.29) is 17.4 Å². The largest absolute Gasteiger partial charge is 0.497 e. The molecule has 0 amide bonds. The fraction of sp³-hybridized carbons (Fsp3) is 0.176. The van der Waals surface area contributed by atoms with E-state index in [1.54, 1.807) is 7.11 Å². The number of hydrogen-bond donors (Lipinski definition) is 1. The molecule has 1 aromatic heterocycles. The normalized spacial score (nSPS) is 12.2. The Morgan fingerprint density at radius 1 is 1.18 bits per heavy atom. The molecule has 2 aromatic carbocycles. The Labute approximate surface area is 127 Å². The summed E-state index contributed by atoms with van der Waals surface area (Å²) in [5.74, 6) is 0.444. The molecule has 0 bridgehead atoms. The third-order valence-corrected chi connectivity index (χ3v) is 3.85. The second-order valence-electron chi connectivity index (χ2n) is 5.13. The SMILES string of the molecule is COc1ccc([C@H](C[N+](=O)[O-])c2c[nH]c3ccccc23)cc1. The van der Waals surface area contributed by atoms with Crippen LogP contribution in [0.5, 0.6) is 5.75 Å². The average molecular weight is 296 g/mol. The smallest absolute Gasteiger partial charge is 0.214 e. The first-order valence-electron chi connectivity index (χ1n) is 7.01. The Balaban J connectivity index is 2.07. The first-order valence-corrected chi connectivity index (χ1v) is 7.01. The van der Waals surface area contributed by atoms with E-state index in [1.807, 2.05) is 54.7 Å². The predicted molar refractivity (Wildman–Crippen MR) is 85.0 cm³/mol. The molecule has 112 valence electrons. The molecule has 0 aliphatic heterocycles. The van der Waals surface area contributed by atoms with Crippen molar-refractivity contribution in [2.45, 2.75) is 5.92 Å². The zero-order valence-electron chi connectivity index (χ0n) is 12.2. The maximum atomic E-state index is 11.1. The monoisotopic (exact) mass is 296 g/mol. The van der Waals surface area contributed by atoms with E-state index < -0.39 is 0 Å². The third kappa shape index (κ3) is 2.65. The molecule has 0 saturated heterocycles. The summed E-state index contributed by atoms with van der Waals surface area (Å²) in [6, 6.07) is 15.3. The lowest BCUT2D eigenvalue weighted by molar-refractivity contribution is -0.481.